The lowest BCUT2D eigenvalue weighted by Crippen LogP contribution is -2.52. The molecule has 2 aromatic carbocycles. The van der Waals surface area contributed by atoms with Gasteiger partial charge in [0.15, 0.2) is 16.2 Å². The first-order valence-corrected chi connectivity index (χ1v) is 14.1. The summed E-state index contributed by atoms with van der Waals surface area (Å²) in [7, 11) is -4.29. The molecule has 1 fully saturated rings. The molecular weight excluding hydrogens is 580 g/mol. The van der Waals surface area contributed by atoms with Gasteiger partial charge in [0.1, 0.15) is 22.8 Å². The highest BCUT2D eigenvalue weighted by molar-refractivity contribution is 9.10. The SMILES string of the molecule is O=S(=O)(c1ccccn1)C1C(O)C2(O)c3ncc(Cl)cc3OC2(c2ccc(Br)cc2)C1c1ccccc1. The highest BCUT2D eigenvalue weighted by Crippen LogP contribution is 2.67. The van der Waals surface area contributed by atoms with Crippen LogP contribution in [0.1, 0.15) is 22.7 Å². The van der Waals surface area contributed by atoms with Crippen molar-refractivity contribution in [3.8, 4) is 5.75 Å². The molecule has 0 amide bonds. The normalized spacial score (nSPS) is 28.4. The average molecular weight is 600 g/mol. The highest BCUT2D eigenvalue weighted by Gasteiger charge is 2.79. The zero-order valence-corrected chi connectivity index (χ0v) is 22.2. The Morgan fingerprint density at radius 2 is 1.68 bits per heavy atom. The summed E-state index contributed by atoms with van der Waals surface area (Å²) in [6, 6.07) is 22.0. The molecule has 0 bridgehead atoms. The molecule has 4 aromatic rings. The number of hydrogen-bond donors (Lipinski definition) is 2. The molecule has 188 valence electrons. The number of halogens is 2. The van der Waals surface area contributed by atoms with Gasteiger partial charge in [-0.1, -0.05) is 76.1 Å². The standard InChI is InChI=1S/C27H20BrClN2O5S/c28-18-11-9-17(10-12-18)27-22(16-6-2-1-3-7-16)23(37(34,35)21-8-4-5-13-30-21)25(32)26(27,33)24-20(36-27)14-19(29)15-31-24/h1-15,22-23,25,32-33H. The molecule has 5 unspecified atom stereocenters. The molecule has 7 nitrogen and oxygen atoms in total. The molecule has 10 heteroatoms. The van der Waals surface area contributed by atoms with Crippen LogP contribution in [0.15, 0.2) is 101 Å². The summed E-state index contributed by atoms with van der Waals surface area (Å²) >= 11 is 9.65. The Morgan fingerprint density at radius 1 is 0.973 bits per heavy atom. The monoisotopic (exact) mass is 598 g/mol. The van der Waals surface area contributed by atoms with Crippen LogP contribution in [-0.4, -0.2) is 40.0 Å². The van der Waals surface area contributed by atoms with Gasteiger partial charge in [-0.05, 0) is 35.4 Å². The van der Waals surface area contributed by atoms with E-state index in [9.17, 15) is 18.6 Å². The van der Waals surface area contributed by atoms with Crippen LogP contribution in [0, 0.1) is 0 Å². The Hall–Kier alpha value is -2.82. The number of pyridine rings is 2. The second-order valence-electron chi connectivity index (χ2n) is 9.12. The first kappa shape index (κ1) is 24.5. The topological polar surface area (TPSA) is 110 Å². The molecule has 2 aromatic heterocycles. The van der Waals surface area contributed by atoms with E-state index in [0.29, 0.717) is 11.1 Å². The van der Waals surface area contributed by atoms with Crippen molar-refractivity contribution in [2.45, 2.75) is 33.5 Å². The number of rotatable bonds is 4. The summed E-state index contributed by atoms with van der Waals surface area (Å²) in [5.41, 5.74) is -2.95. The summed E-state index contributed by atoms with van der Waals surface area (Å²) in [6.45, 7) is 0. The van der Waals surface area contributed by atoms with Gasteiger partial charge in [-0.2, -0.15) is 0 Å². The Morgan fingerprint density at radius 3 is 2.35 bits per heavy atom. The second kappa shape index (κ2) is 8.61. The van der Waals surface area contributed by atoms with E-state index in [0.717, 1.165) is 4.47 Å². The lowest BCUT2D eigenvalue weighted by molar-refractivity contribution is -0.150. The van der Waals surface area contributed by atoms with Crippen LogP contribution in [0.5, 0.6) is 5.75 Å². The van der Waals surface area contributed by atoms with Crippen molar-refractivity contribution in [1.29, 1.82) is 0 Å². The minimum absolute atomic E-state index is 0.0203. The maximum absolute atomic E-state index is 14.2. The molecule has 3 heterocycles. The third-order valence-electron chi connectivity index (χ3n) is 7.24. The summed E-state index contributed by atoms with van der Waals surface area (Å²) in [5, 5.41) is 23.0. The minimum Gasteiger partial charge on any atom is -0.476 e. The predicted octanol–water partition coefficient (Wildman–Crippen LogP) is 4.37. The van der Waals surface area contributed by atoms with E-state index in [2.05, 4.69) is 25.9 Å². The molecule has 37 heavy (non-hydrogen) atoms. The number of sulfone groups is 1. The molecule has 0 spiro atoms. The quantitative estimate of drug-likeness (QED) is 0.359. The fourth-order valence-electron chi connectivity index (χ4n) is 5.77. The fourth-order valence-corrected chi connectivity index (χ4v) is 8.18. The van der Waals surface area contributed by atoms with Crippen molar-refractivity contribution in [3.05, 3.63) is 118 Å². The average Bonchev–Trinajstić information content (AvgIpc) is 3.28. The number of ether oxygens (including phenoxy) is 1. The van der Waals surface area contributed by atoms with E-state index in [-0.39, 0.29) is 21.5 Å². The number of nitrogens with zero attached hydrogens (tertiary/aromatic N) is 2. The highest BCUT2D eigenvalue weighted by atomic mass is 79.9. The van der Waals surface area contributed by atoms with Crippen molar-refractivity contribution in [2.75, 3.05) is 0 Å². The van der Waals surface area contributed by atoms with Crippen molar-refractivity contribution < 1.29 is 23.4 Å². The number of fused-ring (bicyclic) bond motifs is 3. The first-order valence-electron chi connectivity index (χ1n) is 11.4. The summed E-state index contributed by atoms with van der Waals surface area (Å²) in [5.74, 6) is -0.888. The summed E-state index contributed by atoms with van der Waals surface area (Å²) in [4.78, 5) is 8.42. The van der Waals surface area contributed by atoms with Gasteiger partial charge in [0.25, 0.3) is 0 Å². The Labute approximate surface area is 226 Å². The van der Waals surface area contributed by atoms with Crippen LogP contribution < -0.4 is 4.74 Å². The molecule has 1 aliphatic carbocycles. The first-order chi connectivity index (χ1) is 17.7. The number of hydrogen-bond acceptors (Lipinski definition) is 7. The van der Waals surface area contributed by atoms with Crippen LogP contribution in [0.25, 0.3) is 0 Å². The van der Waals surface area contributed by atoms with E-state index >= 15 is 0 Å². The van der Waals surface area contributed by atoms with Crippen molar-refractivity contribution in [2.24, 2.45) is 0 Å². The van der Waals surface area contributed by atoms with Crippen LogP contribution >= 0.6 is 27.5 Å². The molecule has 1 saturated carbocycles. The predicted molar refractivity (Wildman–Crippen MR) is 140 cm³/mol. The Kier molecular flexibility index (Phi) is 5.70. The van der Waals surface area contributed by atoms with Crippen LogP contribution in [0.3, 0.4) is 0 Å². The molecule has 6 rings (SSSR count). The van der Waals surface area contributed by atoms with E-state index in [1.807, 2.05) is 0 Å². The van der Waals surface area contributed by atoms with Crippen LogP contribution in [-0.2, 0) is 21.0 Å². The molecule has 1 aliphatic heterocycles. The zero-order valence-electron chi connectivity index (χ0n) is 19.1. The minimum atomic E-state index is -4.29. The lowest BCUT2D eigenvalue weighted by atomic mass is 9.72. The Bertz CT molecular complexity index is 1590. The van der Waals surface area contributed by atoms with Crippen LogP contribution in [0.4, 0.5) is 0 Å². The number of aliphatic hydroxyl groups excluding tert-OH is 1. The van der Waals surface area contributed by atoms with Gasteiger partial charge in [-0.3, -0.25) is 4.98 Å². The van der Waals surface area contributed by atoms with Gasteiger partial charge < -0.3 is 14.9 Å². The van der Waals surface area contributed by atoms with Gasteiger partial charge in [-0.15, -0.1) is 0 Å². The fraction of sp³-hybridized carbons (Fsp3) is 0.185. The van der Waals surface area contributed by atoms with E-state index in [4.69, 9.17) is 16.3 Å². The number of benzene rings is 2. The second-order valence-corrected chi connectivity index (χ2v) is 12.5. The summed E-state index contributed by atoms with van der Waals surface area (Å²) in [6.07, 6.45) is 0.883. The summed E-state index contributed by atoms with van der Waals surface area (Å²) < 4.78 is 35.7. The van der Waals surface area contributed by atoms with Crippen LogP contribution in [0.2, 0.25) is 5.02 Å². The van der Waals surface area contributed by atoms with Crippen molar-refractivity contribution >= 4 is 37.4 Å². The van der Waals surface area contributed by atoms with Gasteiger partial charge in [-0.25, -0.2) is 13.4 Å². The molecule has 0 saturated heterocycles. The smallest absolute Gasteiger partial charge is 0.201 e. The number of aliphatic hydroxyl groups is 2. The number of aromatic nitrogens is 2. The zero-order chi connectivity index (χ0) is 26.0. The van der Waals surface area contributed by atoms with Gasteiger partial charge in [0, 0.05) is 22.9 Å². The molecule has 5 atom stereocenters. The van der Waals surface area contributed by atoms with Gasteiger partial charge >= 0.3 is 0 Å². The molecular formula is C27H20BrClN2O5S. The largest absolute Gasteiger partial charge is 0.476 e. The van der Waals surface area contributed by atoms with Crippen molar-refractivity contribution in [3.63, 3.8) is 0 Å². The van der Waals surface area contributed by atoms with Crippen molar-refractivity contribution in [1.82, 2.24) is 9.97 Å². The third kappa shape index (κ3) is 3.35. The maximum atomic E-state index is 14.2. The molecule has 2 N–H and O–H groups in total. The van der Waals surface area contributed by atoms with Gasteiger partial charge in [0.2, 0.25) is 9.84 Å². The molecule has 0 radical (unpaired) electrons. The van der Waals surface area contributed by atoms with E-state index in [1.54, 1.807) is 66.7 Å². The van der Waals surface area contributed by atoms with E-state index in [1.165, 1.54) is 24.5 Å². The third-order valence-corrected chi connectivity index (χ3v) is 10.0. The Balaban J connectivity index is 1.71. The molecule has 2 aliphatic rings. The maximum Gasteiger partial charge on any atom is 0.201 e. The van der Waals surface area contributed by atoms with E-state index < -0.39 is 38.3 Å². The lowest BCUT2D eigenvalue weighted by Gasteiger charge is -2.40. The van der Waals surface area contributed by atoms with Gasteiger partial charge in [0.05, 0.1) is 10.9 Å².